The Morgan fingerprint density at radius 1 is 1.06 bits per heavy atom. The van der Waals surface area contributed by atoms with Gasteiger partial charge in [-0.3, -0.25) is 4.79 Å². The fourth-order valence-electron chi connectivity index (χ4n) is 1.77. The lowest BCUT2D eigenvalue weighted by Crippen LogP contribution is -2.26. The van der Waals surface area contributed by atoms with Crippen LogP contribution in [0.4, 0.5) is 0 Å². The highest BCUT2D eigenvalue weighted by molar-refractivity contribution is 6.31. The Labute approximate surface area is 112 Å². The monoisotopic (exact) mass is 259 g/mol. The van der Waals surface area contributed by atoms with E-state index in [-0.39, 0.29) is 11.9 Å². The third-order valence-corrected chi connectivity index (χ3v) is 3.10. The molecule has 0 saturated carbocycles. The number of hydrogen-bond donors (Lipinski definition) is 1. The zero-order valence-electron chi connectivity index (χ0n) is 10.1. The van der Waals surface area contributed by atoms with E-state index in [1.54, 1.807) is 12.1 Å². The van der Waals surface area contributed by atoms with Gasteiger partial charge < -0.3 is 5.32 Å². The van der Waals surface area contributed by atoms with Crippen LogP contribution < -0.4 is 5.32 Å². The SMILES string of the molecule is CC(NC(=O)c1ccccc1)c1ccccc1Cl. The molecular formula is C15H14ClNO. The van der Waals surface area contributed by atoms with E-state index in [0.717, 1.165) is 5.56 Å². The zero-order chi connectivity index (χ0) is 13.0. The number of halogens is 1. The molecule has 92 valence electrons. The second kappa shape index (κ2) is 5.69. The lowest BCUT2D eigenvalue weighted by molar-refractivity contribution is 0.0940. The average molecular weight is 260 g/mol. The Balaban J connectivity index is 2.11. The summed E-state index contributed by atoms with van der Waals surface area (Å²) < 4.78 is 0. The van der Waals surface area contributed by atoms with E-state index in [2.05, 4.69) is 5.32 Å². The zero-order valence-corrected chi connectivity index (χ0v) is 10.8. The Morgan fingerprint density at radius 2 is 1.67 bits per heavy atom. The molecule has 2 rings (SSSR count). The molecule has 0 aliphatic carbocycles. The van der Waals surface area contributed by atoms with Crippen molar-refractivity contribution in [3.8, 4) is 0 Å². The molecule has 0 saturated heterocycles. The minimum atomic E-state index is -0.119. The molecule has 0 aromatic heterocycles. The first kappa shape index (κ1) is 12.7. The normalized spacial score (nSPS) is 11.9. The van der Waals surface area contributed by atoms with Gasteiger partial charge in [0.25, 0.3) is 5.91 Å². The molecule has 0 aliphatic rings. The van der Waals surface area contributed by atoms with Gasteiger partial charge in [-0.05, 0) is 30.7 Å². The molecule has 0 spiro atoms. The number of carbonyl (C=O) groups excluding carboxylic acids is 1. The highest BCUT2D eigenvalue weighted by Crippen LogP contribution is 2.22. The molecule has 0 radical (unpaired) electrons. The van der Waals surface area contributed by atoms with Gasteiger partial charge in [0.05, 0.1) is 6.04 Å². The maximum Gasteiger partial charge on any atom is 0.251 e. The standard InChI is InChI=1S/C15H14ClNO/c1-11(13-9-5-6-10-14(13)16)17-15(18)12-7-3-2-4-8-12/h2-11H,1H3,(H,17,18). The molecule has 1 amide bonds. The summed E-state index contributed by atoms with van der Waals surface area (Å²) in [5, 5.41) is 3.60. The molecule has 3 heteroatoms. The molecular weight excluding hydrogens is 246 g/mol. The van der Waals surface area contributed by atoms with Crippen molar-refractivity contribution in [1.82, 2.24) is 5.32 Å². The second-order valence-corrected chi connectivity index (χ2v) is 4.49. The Kier molecular flexibility index (Phi) is 4.00. The fourth-order valence-corrected chi connectivity index (χ4v) is 2.07. The molecule has 2 aromatic rings. The van der Waals surface area contributed by atoms with E-state index in [1.807, 2.05) is 49.4 Å². The van der Waals surface area contributed by atoms with Crippen LogP contribution >= 0.6 is 11.6 Å². The van der Waals surface area contributed by atoms with Gasteiger partial charge in [0, 0.05) is 10.6 Å². The van der Waals surface area contributed by atoms with Crippen molar-refractivity contribution in [2.24, 2.45) is 0 Å². The first-order chi connectivity index (χ1) is 8.68. The van der Waals surface area contributed by atoms with Gasteiger partial charge in [-0.1, -0.05) is 48.0 Å². The molecule has 0 heterocycles. The van der Waals surface area contributed by atoms with Crippen LogP contribution in [0.15, 0.2) is 54.6 Å². The molecule has 1 atom stereocenters. The van der Waals surface area contributed by atoms with E-state index >= 15 is 0 Å². The summed E-state index contributed by atoms with van der Waals surface area (Å²) in [5.41, 5.74) is 1.57. The first-order valence-electron chi connectivity index (χ1n) is 5.79. The van der Waals surface area contributed by atoms with Crippen molar-refractivity contribution in [3.63, 3.8) is 0 Å². The quantitative estimate of drug-likeness (QED) is 0.892. The van der Waals surface area contributed by atoms with Crippen molar-refractivity contribution < 1.29 is 4.79 Å². The third kappa shape index (κ3) is 2.90. The molecule has 2 nitrogen and oxygen atoms in total. The number of nitrogens with one attached hydrogen (secondary N) is 1. The summed E-state index contributed by atoms with van der Waals surface area (Å²) >= 11 is 6.10. The minimum Gasteiger partial charge on any atom is -0.345 e. The Bertz CT molecular complexity index is 539. The van der Waals surface area contributed by atoms with Crippen LogP contribution in [0.3, 0.4) is 0 Å². The van der Waals surface area contributed by atoms with E-state index in [0.29, 0.717) is 10.6 Å². The van der Waals surface area contributed by atoms with Gasteiger partial charge >= 0.3 is 0 Å². The average Bonchev–Trinajstić information content (AvgIpc) is 2.40. The number of amides is 1. The van der Waals surface area contributed by atoms with Crippen LogP contribution in [0.1, 0.15) is 28.9 Å². The Hall–Kier alpha value is -1.80. The fraction of sp³-hybridized carbons (Fsp3) is 0.133. The van der Waals surface area contributed by atoms with Gasteiger partial charge in [0.1, 0.15) is 0 Å². The van der Waals surface area contributed by atoms with E-state index in [4.69, 9.17) is 11.6 Å². The lowest BCUT2D eigenvalue weighted by Gasteiger charge is -2.15. The highest BCUT2D eigenvalue weighted by Gasteiger charge is 2.12. The molecule has 1 N–H and O–H groups in total. The van der Waals surface area contributed by atoms with Crippen LogP contribution in [0, 0.1) is 0 Å². The topological polar surface area (TPSA) is 29.1 Å². The maximum atomic E-state index is 12.0. The molecule has 18 heavy (non-hydrogen) atoms. The number of carbonyl (C=O) groups is 1. The van der Waals surface area contributed by atoms with E-state index < -0.39 is 0 Å². The van der Waals surface area contributed by atoms with Crippen molar-refractivity contribution in [3.05, 3.63) is 70.7 Å². The predicted octanol–water partition coefficient (Wildman–Crippen LogP) is 3.83. The van der Waals surface area contributed by atoms with Crippen molar-refractivity contribution in [2.45, 2.75) is 13.0 Å². The molecule has 1 unspecified atom stereocenters. The van der Waals surface area contributed by atoms with Gasteiger partial charge in [-0.15, -0.1) is 0 Å². The van der Waals surface area contributed by atoms with Crippen LogP contribution in [-0.4, -0.2) is 5.91 Å². The van der Waals surface area contributed by atoms with Gasteiger partial charge in [0.2, 0.25) is 0 Å². The predicted molar refractivity (Wildman–Crippen MR) is 73.8 cm³/mol. The van der Waals surface area contributed by atoms with Gasteiger partial charge in [-0.2, -0.15) is 0 Å². The van der Waals surface area contributed by atoms with E-state index in [1.165, 1.54) is 0 Å². The third-order valence-electron chi connectivity index (χ3n) is 2.76. The summed E-state index contributed by atoms with van der Waals surface area (Å²) in [6.07, 6.45) is 0. The van der Waals surface area contributed by atoms with Crippen LogP contribution in [-0.2, 0) is 0 Å². The van der Waals surface area contributed by atoms with Crippen molar-refractivity contribution in [2.75, 3.05) is 0 Å². The smallest absolute Gasteiger partial charge is 0.251 e. The van der Waals surface area contributed by atoms with Crippen LogP contribution in [0.5, 0.6) is 0 Å². The molecule has 0 aliphatic heterocycles. The molecule has 0 fully saturated rings. The van der Waals surface area contributed by atoms with Crippen LogP contribution in [0.25, 0.3) is 0 Å². The summed E-state index contributed by atoms with van der Waals surface area (Å²) in [5.74, 6) is -0.0944. The van der Waals surface area contributed by atoms with Crippen molar-refractivity contribution >= 4 is 17.5 Å². The molecule has 0 bridgehead atoms. The second-order valence-electron chi connectivity index (χ2n) is 4.08. The Morgan fingerprint density at radius 3 is 2.33 bits per heavy atom. The summed E-state index contributed by atoms with van der Waals surface area (Å²) in [7, 11) is 0. The van der Waals surface area contributed by atoms with E-state index in [9.17, 15) is 4.79 Å². The van der Waals surface area contributed by atoms with Gasteiger partial charge in [0.15, 0.2) is 0 Å². The largest absolute Gasteiger partial charge is 0.345 e. The number of benzene rings is 2. The van der Waals surface area contributed by atoms with Crippen molar-refractivity contribution in [1.29, 1.82) is 0 Å². The maximum absolute atomic E-state index is 12.0. The number of hydrogen-bond acceptors (Lipinski definition) is 1. The first-order valence-corrected chi connectivity index (χ1v) is 6.16. The lowest BCUT2D eigenvalue weighted by atomic mass is 10.1. The summed E-state index contributed by atoms with van der Waals surface area (Å²) in [4.78, 5) is 12.0. The summed E-state index contributed by atoms with van der Waals surface area (Å²) in [6.45, 7) is 1.92. The summed E-state index contributed by atoms with van der Waals surface area (Å²) in [6, 6.07) is 16.5. The number of rotatable bonds is 3. The van der Waals surface area contributed by atoms with Gasteiger partial charge in [-0.25, -0.2) is 0 Å². The highest BCUT2D eigenvalue weighted by atomic mass is 35.5. The molecule has 2 aromatic carbocycles. The minimum absolute atomic E-state index is 0.0944. The van der Waals surface area contributed by atoms with Crippen LogP contribution in [0.2, 0.25) is 5.02 Å².